The Hall–Kier alpha value is -2.76. The Morgan fingerprint density at radius 2 is 2.05 bits per heavy atom. The number of pyridine rings is 2. The number of para-hydroxylation sites is 1. The smallest absolute Gasteiger partial charge is 0.341 e. The predicted molar refractivity (Wildman–Crippen MR) is 67.0 cm³/mol. The lowest BCUT2D eigenvalue weighted by Gasteiger charge is -2.04. The van der Waals surface area contributed by atoms with Gasteiger partial charge in [-0.1, -0.05) is 22.7 Å². The van der Waals surface area contributed by atoms with Gasteiger partial charge < -0.3 is 5.11 Å². The summed E-state index contributed by atoms with van der Waals surface area (Å²) in [6, 6.07) is 8.35. The molecular formula is C13H7FN2O3. The molecule has 0 amide bonds. The van der Waals surface area contributed by atoms with Crippen LogP contribution < -0.4 is 5.43 Å². The summed E-state index contributed by atoms with van der Waals surface area (Å²) in [6.45, 7) is 0. The van der Waals surface area contributed by atoms with Gasteiger partial charge in [-0.2, -0.15) is 4.79 Å². The molecule has 0 unspecified atom stereocenters. The predicted octanol–water partition coefficient (Wildman–Crippen LogP) is 1.98. The highest BCUT2D eigenvalue weighted by Gasteiger charge is 2.16. The third kappa shape index (κ3) is 1.65. The topological polar surface area (TPSA) is 72.2 Å². The summed E-state index contributed by atoms with van der Waals surface area (Å²) in [5, 5.41) is 9.46. The minimum atomic E-state index is -1.47. The maximum atomic E-state index is 13.8. The van der Waals surface area contributed by atoms with Crippen LogP contribution in [0.15, 0.2) is 41.3 Å². The summed E-state index contributed by atoms with van der Waals surface area (Å²) in [7, 11) is 0. The van der Waals surface area contributed by atoms with Gasteiger partial charge in [0.15, 0.2) is 5.65 Å². The zero-order chi connectivity index (χ0) is 13.6. The van der Waals surface area contributed by atoms with Gasteiger partial charge in [0.2, 0.25) is 5.43 Å². The van der Waals surface area contributed by atoms with Gasteiger partial charge in [-0.25, -0.2) is 9.78 Å². The third-order valence-corrected chi connectivity index (χ3v) is 2.87. The van der Waals surface area contributed by atoms with Gasteiger partial charge in [0.25, 0.3) is 0 Å². The van der Waals surface area contributed by atoms with Crippen LogP contribution in [0.4, 0.5) is 4.48 Å². The number of carbonyl (C=O) groups is 1. The average Bonchev–Trinajstić information content (AvgIpc) is 2.41. The molecule has 3 rings (SSSR count). The molecule has 0 saturated heterocycles. The van der Waals surface area contributed by atoms with Crippen molar-refractivity contribution < 1.29 is 14.4 Å². The van der Waals surface area contributed by atoms with Crippen LogP contribution >= 0.6 is 0 Å². The molecule has 5 nitrogen and oxygen atoms in total. The van der Waals surface area contributed by atoms with E-state index in [1.165, 1.54) is 6.07 Å². The minimum absolute atomic E-state index is 0.0545. The second-order valence-electron chi connectivity index (χ2n) is 4.04. The van der Waals surface area contributed by atoms with Crippen molar-refractivity contribution in [2.45, 2.75) is 0 Å². The number of carboxylic acids is 1. The van der Waals surface area contributed by atoms with Crippen molar-refractivity contribution in [2.24, 2.45) is 0 Å². The second kappa shape index (κ2) is 3.88. The van der Waals surface area contributed by atoms with Crippen LogP contribution in [-0.4, -0.2) is 20.8 Å². The first-order chi connectivity index (χ1) is 9.08. The van der Waals surface area contributed by atoms with Crippen LogP contribution in [0.2, 0.25) is 0 Å². The van der Waals surface area contributed by atoms with E-state index < -0.39 is 17.0 Å². The summed E-state index contributed by atoms with van der Waals surface area (Å²) in [5.74, 6) is -1.47. The van der Waals surface area contributed by atoms with Gasteiger partial charge in [-0.3, -0.25) is 4.79 Å². The number of carboxylic acid groups (broad SMARTS) is 1. The van der Waals surface area contributed by atoms with E-state index in [1.54, 1.807) is 24.3 Å². The molecule has 1 N–H and O–H groups in total. The summed E-state index contributed by atoms with van der Waals surface area (Å²) in [6.07, 6.45) is 0.634. The standard InChI is InChI=1S/C13H7FN2O3/c14-16-6-9(13(18)19)11(17)8-5-7-3-1-2-4-10(7)15-12(8)16/h1-6H,(H,18,19). The maximum absolute atomic E-state index is 13.8. The summed E-state index contributed by atoms with van der Waals surface area (Å²) < 4.78 is 13.8. The number of fused-ring (bicyclic) bond motifs is 2. The largest absolute Gasteiger partial charge is 0.477 e. The lowest BCUT2D eigenvalue weighted by Crippen LogP contribution is -2.17. The van der Waals surface area contributed by atoms with E-state index in [2.05, 4.69) is 4.98 Å². The van der Waals surface area contributed by atoms with E-state index in [0.717, 1.165) is 0 Å². The molecule has 3 aromatic rings. The summed E-state index contributed by atoms with van der Waals surface area (Å²) in [4.78, 5) is 26.9. The lowest BCUT2D eigenvalue weighted by atomic mass is 10.1. The van der Waals surface area contributed by atoms with Crippen LogP contribution in [0.1, 0.15) is 10.4 Å². The van der Waals surface area contributed by atoms with Gasteiger partial charge in [0.05, 0.1) is 17.1 Å². The van der Waals surface area contributed by atoms with Gasteiger partial charge in [-0.05, 0) is 12.1 Å². The highest BCUT2D eigenvalue weighted by atomic mass is 19.2. The Kier molecular flexibility index (Phi) is 2.31. The Labute approximate surface area is 105 Å². The van der Waals surface area contributed by atoms with Crippen LogP contribution in [0.5, 0.6) is 0 Å². The number of halogens is 1. The van der Waals surface area contributed by atoms with E-state index in [-0.39, 0.29) is 15.8 Å². The van der Waals surface area contributed by atoms with Crippen molar-refractivity contribution in [1.82, 2.24) is 9.77 Å². The molecule has 0 spiro atoms. The van der Waals surface area contributed by atoms with E-state index in [9.17, 15) is 14.1 Å². The van der Waals surface area contributed by atoms with Crippen molar-refractivity contribution in [2.75, 3.05) is 0 Å². The first-order valence-corrected chi connectivity index (χ1v) is 5.42. The van der Waals surface area contributed by atoms with Crippen LogP contribution in [-0.2, 0) is 0 Å². The molecule has 0 fully saturated rings. The summed E-state index contributed by atoms with van der Waals surface area (Å²) >= 11 is 0. The summed E-state index contributed by atoms with van der Waals surface area (Å²) in [5.41, 5.74) is -1.01. The van der Waals surface area contributed by atoms with Gasteiger partial charge >= 0.3 is 5.97 Å². The Morgan fingerprint density at radius 1 is 1.32 bits per heavy atom. The van der Waals surface area contributed by atoms with Crippen molar-refractivity contribution in [3.63, 3.8) is 0 Å². The third-order valence-electron chi connectivity index (χ3n) is 2.87. The monoisotopic (exact) mass is 258 g/mol. The molecule has 2 heterocycles. The zero-order valence-corrected chi connectivity index (χ0v) is 9.50. The molecule has 0 saturated carbocycles. The molecule has 0 aliphatic carbocycles. The van der Waals surface area contributed by atoms with E-state index in [4.69, 9.17) is 5.11 Å². The number of hydrogen-bond acceptors (Lipinski definition) is 3. The van der Waals surface area contributed by atoms with Crippen LogP contribution in [0.3, 0.4) is 0 Å². The number of aromatic nitrogens is 2. The quantitative estimate of drug-likeness (QED) is 0.677. The fraction of sp³-hybridized carbons (Fsp3) is 0. The first kappa shape index (κ1) is 11.3. The molecule has 1 aromatic carbocycles. The zero-order valence-electron chi connectivity index (χ0n) is 9.50. The molecule has 2 aromatic heterocycles. The molecule has 6 heteroatoms. The SMILES string of the molecule is O=C(O)c1cn(F)c2nc3ccccc3cc2c1=O. The molecule has 19 heavy (non-hydrogen) atoms. The Bertz CT molecular complexity index is 886. The van der Waals surface area contributed by atoms with E-state index in [1.807, 2.05) is 0 Å². The maximum Gasteiger partial charge on any atom is 0.341 e. The highest BCUT2D eigenvalue weighted by Crippen LogP contribution is 2.17. The second-order valence-corrected chi connectivity index (χ2v) is 4.04. The van der Waals surface area contributed by atoms with Crippen LogP contribution in [0.25, 0.3) is 21.9 Å². The van der Waals surface area contributed by atoms with Crippen LogP contribution in [0, 0.1) is 0 Å². The highest BCUT2D eigenvalue weighted by molar-refractivity contribution is 5.95. The van der Waals surface area contributed by atoms with Gasteiger partial charge in [0, 0.05) is 5.39 Å². The molecule has 0 bridgehead atoms. The molecule has 0 radical (unpaired) electrons. The number of benzene rings is 1. The normalized spacial score (nSPS) is 11.0. The Morgan fingerprint density at radius 3 is 2.79 bits per heavy atom. The van der Waals surface area contributed by atoms with E-state index in [0.29, 0.717) is 17.1 Å². The number of aromatic carboxylic acids is 1. The van der Waals surface area contributed by atoms with Gasteiger partial charge in [-0.15, -0.1) is 0 Å². The molecule has 0 aliphatic heterocycles. The molecular weight excluding hydrogens is 251 g/mol. The van der Waals surface area contributed by atoms with Crippen molar-refractivity contribution in [3.8, 4) is 0 Å². The first-order valence-electron chi connectivity index (χ1n) is 5.42. The van der Waals surface area contributed by atoms with Crippen molar-refractivity contribution in [1.29, 1.82) is 0 Å². The van der Waals surface area contributed by atoms with Crippen molar-refractivity contribution >= 4 is 27.9 Å². The Balaban J connectivity index is 2.54. The number of hydrogen-bond donors (Lipinski definition) is 1. The molecule has 0 aliphatic rings. The number of rotatable bonds is 1. The average molecular weight is 258 g/mol. The van der Waals surface area contributed by atoms with Gasteiger partial charge in [0.1, 0.15) is 5.56 Å². The lowest BCUT2D eigenvalue weighted by molar-refractivity contribution is 0.0693. The fourth-order valence-electron chi connectivity index (χ4n) is 1.97. The number of nitrogens with zero attached hydrogens (tertiary/aromatic N) is 2. The fourth-order valence-corrected chi connectivity index (χ4v) is 1.97. The van der Waals surface area contributed by atoms with Crippen molar-refractivity contribution in [3.05, 3.63) is 52.3 Å². The van der Waals surface area contributed by atoms with E-state index >= 15 is 0 Å². The minimum Gasteiger partial charge on any atom is -0.477 e. The molecule has 0 atom stereocenters. The molecule has 94 valence electrons.